The Morgan fingerprint density at radius 3 is 2.24 bits per heavy atom. The standard InChI is InChI=1S/C18H19ClN2O4/c1-11(2)25-18(24)12-5-7-13(8-6-12)21-16(22)14(19)15(17(21)23)20-9-3-4-10-20/h5-8,11H,3-4,9-10H2,1-2H3. The van der Waals surface area contributed by atoms with Gasteiger partial charge in [0.1, 0.15) is 10.7 Å². The van der Waals surface area contributed by atoms with Crippen LogP contribution in [0.2, 0.25) is 0 Å². The van der Waals surface area contributed by atoms with E-state index in [2.05, 4.69) is 0 Å². The minimum Gasteiger partial charge on any atom is -0.459 e. The first kappa shape index (κ1) is 17.5. The maximum Gasteiger partial charge on any atom is 0.338 e. The molecule has 0 radical (unpaired) electrons. The van der Waals surface area contributed by atoms with Crippen LogP contribution >= 0.6 is 11.6 Å². The summed E-state index contributed by atoms with van der Waals surface area (Å²) in [5.41, 5.74) is 1.01. The van der Waals surface area contributed by atoms with Gasteiger partial charge >= 0.3 is 5.97 Å². The fourth-order valence-electron chi connectivity index (χ4n) is 2.97. The van der Waals surface area contributed by atoms with Crippen LogP contribution < -0.4 is 4.90 Å². The number of nitrogens with zero attached hydrogens (tertiary/aromatic N) is 2. The molecule has 1 aromatic rings. The summed E-state index contributed by atoms with van der Waals surface area (Å²) in [6.45, 7) is 4.97. The maximum absolute atomic E-state index is 12.7. The maximum atomic E-state index is 12.7. The number of hydrogen-bond acceptors (Lipinski definition) is 5. The molecule has 1 saturated heterocycles. The molecule has 2 amide bonds. The molecule has 0 spiro atoms. The highest BCUT2D eigenvalue weighted by atomic mass is 35.5. The van der Waals surface area contributed by atoms with E-state index in [1.54, 1.807) is 26.0 Å². The molecule has 132 valence electrons. The Morgan fingerprint density at radius 1 is 1.08 bits per heavy atom. The van der Waals surface area contributed by atoms with Gasteiger partial charge in [-0.15, -0.1) is 0 Å². The number of imide groups is 1. The van der Waals surface area contributed by atoms with Gasteiger partial charge in [-0.25, -0.2) is 9.69 Å². The quantitative estimate of drug-likeness (QED) is 0.608. The fourth-order valence-corrected chi connectivity index (χ4v) is 3.25. The summed E-state index contributed by atoms with van der Waals surface area (Å²) < 4.78 is 5.12. The monoisotopic (exact) mass is 362 g/mol. The van der Waals surface area contributed by atoms with Crippen LogP contribution in [0.15, 0.2) is 35.0 Å². The number of amides is 2. The van der Waals surface area contributed by atoms with Crippen LogP contribution in [0.1, 0.15) is 37.0 Å². The molecular formula is C18H19ClN2O4. The SMILES string of the molecule is CC(C)OC(=O)c1ccc(N2C(=O)C(Cl)=C(N3CCCC3)C2=O)cc1. The van der Waals surface area contributed by atoms with Crippen molar-refractivity contribution in [3.8, 4) is 0 Å². The van der Waals surface area contributed by atoms with E-state index in [0.29, 0.717) is 11.3 Å². The Labute approximate surface area is 151 Å². The average Bonchev–Trinajstić information content (AvgIpc) is 3.15. The molecule has 1 fully saturated rings. The summed E-state index contributed by atoms with van der Waals surface area (Å²) in [5, 5.41) is -0.0461. The Balaban J connectivity index is 1.82. The first-order chi connectivity index (χ1) is 11.9. The van der Waals surface area contributed by atoms with Gasteiger partial charge < -0.3 is 9.64 Å². The molecular weight excluding hydrogens is 344 g/mol. The van der Waals surface area contributed by atoms with Crippen molar-refractivity contribution in [1.82, 2.24) is 4.90 Å². The number of likely N-dealkylation sites (tertiary alicyclic amines) is 1. The smallest absolute Gasteiger partial charge is 0.338 e. The van der Waals surface area contributed by atoms with Gasteiger partial charge in [0.25, 0.3) is 11.8 Å². The highest BCUT2D eigenvalue weighted by Crippen LogP contribution is 2.32. The summed E-state index contributed by atoms with van der Waals surface area (Å²) in [7, 11) is 0. The van der Waals surface area contributed by atoms with E-state index in [9.17, 15) is 14.4 Å². The average molecular weight is 363 g/mol. The number of carbonyl (C=O) groups is 3. The van der Waals surface area contributed by atoms with Gasteiger partial charge in [-0.05, 0) is 51.0 Å². The van der Waals surface area contributed by atoms with E-state index in [0.717, 1.165) is 30.8 Å². The number of esters is 1. The molecule has 1 aromatic carbocycles. The van der Waals surface area contributed by atoms with E-state index in [1.807, 2.05) is 4.90 Å². The fraction of sp³-hybridized carbons (Fsp3) is 0.389. The number of halogens is 1. The van der Waals surface area contributed by atoms with Crippen molar-refractivity contribution in [2.75, 3.05) is 18.0 Å². The van der Waals surface area contributed by atoms with Gasteiger partial charge in [0.15, 0.2) is 0 Å². The molecule has 2 aliphatic rings. The van der Waals surface area contributed by atoms with E-state index < -0.39 is 17.8 Å². The third kappa shape index (κ3) is 3.26. The summed E-state index contributed by atoms with van der Waals surface area (Å²) >= 11 is 6.14. The molecule has 0 atom stereocenters. The highest BCUT2D eigenvalue weighted by molar-refractivity contribution is 6.52. The van der Waals surface area contributed by atoms with Gasteiger partial charge in [0.2, 0.25) is 0 Å². The van der Waals surface area contributed by atoms with Crippen LogP contribution in [0.25, 0.3) is 0 Å². The summed E-state index contributed by atoms with van der Waals surface area (Å²) in [6.07, 6.45) is 1.73. The zero-order valence-corrected chi connectivity index (χ0v) is 14.9. The lowest BCUT2D eigenvalue weighted by atomic mass is 10.2. The minimum absolute atomic E-state index is 0.0461. The third-order valence-corrected chi connectivity index (χ3v) is 4.47. The highest BCUT2D eigenvalue weighted by Gasteiger charge is 2.41. The van der Waals surface area contributed by atoms with Crippen molar-refractivity contribution in [3.63, 3.8) is 0 Å². The topological polar surface area (TPSA) is 66.9 Å². The predicted molar refractivity (Wildman–Crippen MR) is 93.2 cm³/mol. The first-order valence-electron chi connectivity index (χ1n) is 8.24. The number of benzene rings is 1. The molecule has 3 rings (SSSR count). The van der Waals surface area contributed by atoms with Crippen molar-refractivity contribution < 1.29 is 19.1 Å². The van der Waals surface area contributed by atoms with Gasteiger partial charge in [-0.2, -0.15) is 0 Å². The number of ether oxygens (including phenoxy) is 1. The van der Waals surface area contributed by atoms with Crippen LogP contribution in [0.5, 0.6) is 0 Å². The largest absolute Gasteiger partial charge is 0.459 e. The molecule has 0 N–H and O–H groups in total. The number of hydrogen-bond donors (Lipinski definition) is 0. The summed E-state index contributed by atoms with van der Waals surface area (Å²) in [5.74, 6) is -1.41. The molecule has 7 heteroatoms. The van der Waals surface area contributed by atoms with Crippen LogP contribution in [0, 0.1) is 0 Å². The summed E-state index contributed by atoms with van der Waals surface area (Å²) in [4.78, 5) is 39.9. The second kappa shape index (κ2) is 6.88. The van der Waals surface area contributed by atoms with Crippen LogP contribution in [0.4, 0.5) is 5.69 Å². The lowest BCUT2D eigenvalue weighted by molar-refractivity contribution is -0.121. The van der Waals surface area contributed by atoms with Crippen molar-refractivity contribution in [2.45, 2.75) is 32.8 Å². The third-order valence-electron chi connectivity index (χ3n) is 4.13. The van der Waals surface area contributed by atoms with E-state index in [1.165, 1.54) is 12.1 Å². The van der Waals surface area contributed by atoms with Gasteiger partial charge in [-0.3, -0.25) is 9.59 Å². The molecule has 0 bridgehead atoms. The molecule has 25 heavy (non-hydrogen) atoms. The van der Waals surface area contributed by atoms with Gasteiger partial charge in [0.05, 0.1) is 17.4 Å². The van der Waals surface area contributed by atoms with Crippen molar-refractivity contribution in [3.05, 3.63) is 40.6 Å². The normalized spacial score (nSPS) is 17.9. The Bertz CT molecular complexity index is 749. The van der Waals surface area contributed by atoms with E-state index in [-0.39, 0.29) is 16.8 Å². The second-order valence-electron chi connectivity index (χ2n) is 6.30. The zero-order chi connectivity index (χ0) is 18.1. The second-order valence-corrected chi connectivity index (χ2v) is 6.68. The predicted octanol–water partition coefficient (Wildman–Crippen LogP) is 2.67. The minimum atomic E-state index is -0.536. The molecule has 0 aromatic heterocycles. The lowest BCUT2D eigenvalue weighted by Gasteiger charge is -2.20. The molecule has 0 aliphatic carbocycles. The number of anilines is 1. The molecule has 2 heterocycles. The zero-order valence-electron chi connectivity index (χ0n) is 14.1. The molecule has 2 aliphatic heterocycles. The number of carbonyl (C=O) groups excluding carboxylic acids is 3. The van der Waals surface area contributed by atoms with Crippen molar-refractivity contribution >= 4 is 35.1 Å². The first-order valence-corrected chi connectivity index (χ1v) is 8.62. The Morgan fingerprint density at radius 2 is 1.68 bits per heavy atom. The van der Waals surface area contributed by atoms with E-state index in [4.69, 9.17) is 16.3 Å². The lowest BCUT2D eigenvalue weighted by Crippen LogP contribution is -2.34. The van der Waals surface area contributed by atoms with Crippen molar-refractivity contribution in [1.29, 1.82) is 0 Å². The van der Waals surface area contributed by atoms with Gasteiger partial charge in [0, 0.05) is 13.1 Å². The van der Waals surface area contributed by atoms with Crippen LogP contribution in [-0.2, 0) is 14.3 Å². The van der Waals surface area contributed by atoms with Crippen LogP contribution in [0.3, 0.4) is 0 Å². The Kier molecular flexibility index (Phi) is 4.81. The molecule has 6 nitrogen and oxygen atoms in total. The Hall–Kier alpha value is -2.34. The number of rotatable bonds is 4. The van der Waals surface area contributed by atoms with E-state index >= 15 is 0 Å². The van der Waals surface area contributed by atoms with Crippen molar-refractivity contribution in [2.24, 2.45) is 0 Å². The summed E-state index contributed by atoms with van der Waals surface area (Å²) in [6, 6.07) is 6.15. The molecule has 0 saturated carbocycles. The van der Waals surface area contributed by atoms with Gasteiger partial charge in [-0.1, -0.05) is 11.6 Å². The van der Waals surface area contributed by atoms with Crippen LogP contribution in [-0.4, -0.2) is 41.9 Å². The molecule has 0 unspecified atom stereocenters.